The van der Waals surface area contributed by atoms with Crippen molar-refractivity contribution in [2.45, 2.75) is 0 Å². The lowest BCUT2D eigenvalue weighted by atomic mass is 10.2. The SMILES string of the molecule is O=C(C=Cc1ccc(Br)cc1)Nc1ccc(Br)cc1Br. The van der Waals surface area contributed by atoms with E-state index in [4.69, 9.17) is 0 Å². The number of hydrogen-bond donors (Lipinski definition) is 1. The Kier molecular flexibility index (Phi) is 5.57. The van der Waals surface area contributed by atoms with Gasteiger partial charge in [-0.2, -0.15) is 0 Å². The van der Waals surface area contributed by atoms with Crippen LogP contribution in [-0.2, 0) is 4.79 Å². The molecule has 0 saturated heterocycles. The first kappa shape index (κ1) is 15.5. The van der Waals surface area contributed by atoms with Crippen LogP contribution in [0.15, 0.2) is 62.0 Å². The molecule has 0 fully saturated rings. The number of hydrogen-bond acceptors (Lipinski definition) is 1. The molecular formula is C15H10Br3NO. The molecule has 0 radical (unpaired) electrons. The summed E-state index contributed by atoms with van der Waals surface area (Å²) in [5.41, 5.74) is 1.71. The minimum Gasteiger partial charge on any atom is -0.321 e. The van der Waals surface area contributed by atoms with E-state index in [9.17, 15) is 4.79 Å². The maximum Gasteiger partial charge on any atom is 0.248 e. The summed E-state index contributed by atoms with van der Waals surface area (Å²) in [6.07, 6.45) is 3.28. The average Bonchev–Trinajstić information content (AvgIpc) is 2.41. The number of rotatable bonds is 3. The standard InChI is InChI=1S/C15H10Br3NO/c16-11-4-1-10(2-5-11)3-8-15(20)19-14-7-6-12(17)9-13(14)18/h1-9H,(H,19,20). The van der Waals surface area contributed by atoms with E-state index < -0.39 is 0 Å². The minimum absolute atomic E-state index is 0.170. The second kappa shape index (κ2) is 7.20. The summed E-state index contributed by atoms with van der Waals surface area (Å²) in [6, 6.07) is 13.3. The summed E-state index contributed by atoms with van der Waals surface area (Å²) in [4.78, 5) is 11.9. The Balaban J connectivity index is 2.03. The topological polar surface area (TPSA) is 29.1 Å². The zero-order valence-corrected chi connectivity index (χ0v) is 15.0. The molecule has 0 aliphatic rings. The number of carbonyl (C=O) groups is 1. The fourth-order valence-corrected chi connectivity index (χ4v) is 2.92. The van der Waals surface area contributed by atoms with Gasteiger partial charge in [-0.25, -0.2) is 0 Å². The number of amides is 1. The van der Waals surface area contributed by atoms with Crippen LogP contribution in [0, 0.1) is 0 Å². The van der Waals surface area contributed by atoms with Gasteiger partial charge in [0.1, 0.15) is 0 Å². The van der Waals surface area contributed by atoms with Crippen LogP contribution in [0.3, 0.4) is 0 Å². The van der Waals surface area contributed by atoms with Crippen LogP contribution in [-0.4, -0.2) is 5.91 Å². The highest BCUT2D eigenvalue weighted by Crippen LogP contribution is 2.26. The van der Waals surface area contributed by atoms with Crippen molar-refractivity contribution >= 4 is 65.5 Å². The van der Waals surface area contributed by atoms with Crippen LogP contribution in [0.25, 0.3) is 6.08 Å². The molecule has 0 bridgehead atoms. The van der Waals surface area contributed by atoms with Gasteiger partial charge in [0.15, 0.2) is 0 Å². The van der Waals surface area contributed by atoms with Crippen molar-refractivity contribution < 1.29 is 4.79 Å². The molecule has 20 heavy (non-hydrogen) atoms. The van der Waals surface area contributed by atoms with Crippen molar-refractivity contribution in [1.82, 2.24) is 0 Å². The van der Waals surface area contributed by atoms with Crippen molar-refractivity contribution in [1.29, 1.82) is 0 Å². The van der Waals surface area contributed by atoms with Gasteiger partial charge in [0.2, 0.25) is 5.91 Å². The number of carbonyl (C=O) groups excluding carboxylic acids is 1. The molecule has 0 saturated carbocycles. The molecule has 0 heterocycles. The fourth-order valence-electron chi connectivity index (χ4n) is 1.51. The predicted octanol–water partition coefficient (Wildman–Crippen LogP) is 5.63. The molecule has 1 N–H and O–H groups in total. The zero-order chi connectivity index (χ0) is 14.5. The van der Waals surface area contributed by atoms with Gasteiger partial charge < -0.3 is 5.32 Å². The number of halogens is 3. The van der Waals surface area contributed by atoms with E-state index in [0.29, 0.717) is 0 Å². The van der Waals surface area contributed by atoms with Crippen LogP contribution in [0.1, 0.15) is 5.56 Å². The van der Waals surface area contributed by atoms with Gasteiger partial charge in [0.25, 0.3) is 0 Å². The van der Waals surface area contributed by atoms with Gasteiger partial charge in [0, 0.05) is 19.5 Å². The van der Waals surface area contributed by atoms with Gasteiger partial charge in [-0.1, -0.05) is 44.0 Å². The van der Waals surface area contributed by atoms with Crippen LogP contribution in [0.5, 0.6) is 0 Å². The van der Waals surface area contributed by atoms with Crippen molar-refractivity contribution in [3.63, 3.8) is 0 Å². The average molecular weight is 460 g/mol. The summed E-state index contributed by atoms with van der Waals surface area (Å²) in [7, 11) is 0. The highest BCUT2D eigenvalue weighted by Gasteiger charge is 2.03. The van der Waals surface area contributed by atoms with E-state index in [0.717, 1.165) is 24.7 Å². The van der Waals surface area contributed by atoms with E-state index >= 15 is 0 Å². The third-order valence-corrected chi connectivity index (χ3v) is 4.16. The second-order valence-electron chi connectivity index (χ2n) is 4.00. The smallest absolute Gasteiger partial charge is 0.248 e. The monoisotopic (exact) mass is 457 g/mol. The third kappa shape index (κ3) is 4.58. The van der Waals surface area contributed by atoms with Crippen LogP contribution < -0.4 is 5.32 Å². The predicted molar refractivity (Wildman–Crippen MR) is 93.6 cm³/mol. The number of benzene rings is 2. The lowest BCUT2D eigenvalue weighted by Crippen LogP contribution is -2.08. The quantitative estimate of drug-likeness (QED) is 0.592. The first-order valence-electron chi connectivity index (χ1n) is 5.74. The third-order valence-electron chi connectivity index (χ3n) is 2.49. The Hall–Kier alpha value is -0.910. The Morgan fingerprint density at radius 3 is 2.25 bits per heavy atom. The van der Waals surface area contributed by atoms with Gasteiger partial charge in [-0.05, 0) is 57.9 Å². The van der Waals surface area contributed by atoms with Crippen molar-refractivity contribution in [3.8, 4) is 0 Å². The van der Waals surface area contributed by atoms with Crippen LogP contribution >= 0.6 is 47.8 Å². The van der Waals surface area contributed by atoms with Gasteiger partial charge in [-0.3, -0.25) is 4.79 Å². The molecule has 0 unspecified atom stereocenters. The molecule has 0 aliphatic heterocycles. The number of nitrogens with one attached hydrogen (secondary N) is 1. The van der Waals surface area contributed by atoms with E-state index in [-0.39, 0.29) is 5.91 Å². The molecule has 102 valence electrons. The zero-order valence-electron chi connectivity index (χ0n) is 10.2. The van der Waals surface area contributed by atoms with E-state index in [1.165, 1.54) is 6.08 Å². The lowest BCUT2D eigenvalue weighted by Gasteiger charge is -2.05. The summed E-state index contributed by atoms with van der Waals surface area (Å²) < 4.78 is 2.79. The van der Waals surface area contributed by atoms with Gasteiger partial charge in [-0.15, -0.1) is 0 Å². The Labute approximate surface area is 142 Å². The molecule has 2 aromatic carbocycles. The van der Waals surface area contributed by atoms with Gasteiger partial charge in [0.05, 0.1) is 5.69 Å². The first-order chi connectivity index (χ1) is 9.54. The molecule has 2 aromatic rings. The molecule has 0 spiro atoms. The molecular weight excluding hydrogens is 450 g/mol. The summed E-state index contributed by atoms with van der Waals surface area (Å²) in [5, 5.41) is 2.82. The highest BCUT2D eigenvalue weighted by molar-refractivity contribution is 9.11. The molecule has 1 amide bonds. The second-order valence-corrected chi connectivity index (χ2v) is 6.68. The summed E-state index contributed by atoms with van der Waals surface area (Å²) in [5.74, 6) is -0.170. The molecule has 2 rings (SSSR count). The van der Waals surface area contributed by atoms with Gasteiger partial charge >= 0.3 is 0 Å². The molecule has 0 aromatic heterocycles. The highest BCUT2D eigenvalue weighted by atomic mass is 79.9. The maximum atomic E-state index is 11.9. The normalized spacial score (nSPS) is 10.8. The van der Waals surface area contributed by atoms with Crippen molar-refractivity contribution in [3.05, 3.63) is 67.5 Å². The first-order valence-corrected chi connectivity index (χ1v) is 8.12. The Morgan fingerprint density at radius 1 is 0.950 bits per heavy atom. The van der Waals surface area contributed by atoms with Crippen LogP contribution in [0.4, 0.5) is 5.69 Å². The lowest BCUT2D eigenvalue weighted by molar-refractivity contribution is -0.111. The van der Waals surface area contributed by atoms with Crippen LogP contribution in [0.2, 0.25) is 0 Å². The minimum atomic E-state index is -0.170. The fraction of sp³-hybridized carbons (Fsp3) is 0. The Bertz CT molecular complexity index is 651. The van der Waals surface area contributed by atoms with E-state index in [2.05, 4.69) is 53.1 Å². The largest absolute Gasteiger partial charge is 0.321 e. The summed E-state index contributed by atoms with van der Waals surface area (Å²) in [6.45, 7) is 0. The molecule has 5 heteroatoms. The molecule has 0 atom stereocenters. The van der Waals surface area contributed by atoms with E-state index in [1.807, 2.05) is 42.5 Å². The van der Waals surface area contributed by atoms with E-state index in [1.54, 1.807) is 6.08 Å². The molecule has 0 aliphatic carbocycles. The molecule has 2 nitrogen and oxygen atoms in total. The number of anilines is 1. The Morgan fingerprint density at radius 2 is 1.60 bits per heavy atom. The van der Waals surface area contributed by atoms with Crippen molar-refractivity contribution in [2.24, 2.45) is 0 Å². The maximum absolute atomic E-state index is 11.9. The van der Waals surface area contributed by atoms with Crippen molar-refractivity contribution in [2.75, 3.05) is 5.32 Å². The summed E-state index contributed by atoms with van der Waals surface area (Å²) >= 11 is 10.1.